The molecule has 0 saturated carbocycles. The molecule has 0 N–H and O–H groups in total. The van der Waals surface area contributed by atoms with E-state index in [1.54, 1.807) is 0 Å². The van der Waals surface area contributed by atoms with Gasteiger partial charge in [0.1, 0.15) is 5.75 Å². The van der Waals surface area contributed by atoms with Gasteiger partial charge in [-0.3, -0.25) is 0 Å². The fraction of sp³-hybridized carbons (Fsp3) is 0.625. The number of hydrogen-bond donors (Lipinski definition) is 0. The molecule has 23 heavy (non-hydrogen) atoms. The summed E-state index contributed by atoms with van der Waals surface area (Å²) in [7, 11) is 1.11. The Morgan fingerprint density at radius 3 is 1.96 bits per heavy atom. The fourth-order valence-electron chi connectivity index (χ4n) is 2.02. The summed E-state index contributed by atoms with van der Waals surface area (Å²) >= 11 is 0. The molecule has 0 aliphatic carbocycles. The van der Waals surface area contributed by atoms with Gasteiger partial charge in [0.25, 0.3) is 0 Å². The molecule has 2 atom stereocenters. The Labute approximate surface area is 132 Å². The third kappa shape index (κ3) is 4.80. The summed E-state index contributed by atoms with van der Waals surface area (Å²) in [5.74, 6) is -4.33. The van der Waals surface area contributed by atoms with E-state index in [9.17, 15) is 22.0 Å². The number of methoxy groups -OCH3 is 1. The molecule has 0 bridgehead atoms. The van der Waals surface area contributed by atoms with Gasteiger partial charge >= 0.3 is 12.1 Å². The molecule has 0 radical (unpaired) electrons. The van der Waals surface area contributed by atoms with Crippen molar-refractivity contribution in [1.29, 1.82) is 0 Å². The Hall–Kier alpha value is -1.37. The fourth-order valence-corrected chi connectivity index (χ4v) is 2.02. The molecule has 0 aliphatic heterocycles. The zero-order chi connectivity index (χ0) is 17.9. The number of halogens is 5. The van der Waals surface area contributed by atoms with E-state index in [0.29, 0.717) is 5.75 Å². The molecule has 0 aliphatic rings. The highest BCUT2D eigenvalue weighted by molar-refractivity contribution is 5.31. The van der Waals surface area contributed by atoms with E-state index in [1.165, 1.54) is 31.2 Å². The van der Waals surface area contributed by atoms with Crippen LogP contribution in [0.2, 0.25) is 0 Å². The molecule has 0 heterocycles. The molecule has 0 aromatic heterocycles. The second kappa shape index (κ2) is 7.03. The van der Waals surface area contributed by atoms with Crippen molar-refractivity contribution < 1.29 is 31.4 Å². The predicted octanol–water partition coefficient (Wildman–Crippen LogP) is 5.31. The van der Waals surface area contributed by atoms with E-state index in [2.05, 4.69) is 0 Å². The SMILES string of the molecule is CCC(C)Oc1ccc(C(C)(CC(F)(F)C(F)(F)F)OC)cc1. The minimum Gasteiger partial charge on any atom is -0.491 e. The topological polar surface area (TPSA) is 18.5 Å². The number of alkyl halides is 5. The van der Waals surface area contributed by atoms with Gasteiger partial charge in [0.15, 0.2) is 0 Å². The first-order valence-electron chi connectivity index (χ1n) is 7.22. The smallest absolute Gasteiger partial charge is 0.453 e. The largest absolute Gasteiger partial charge is 0.491 e. The summed E-state index contributed by atoms with van der Waals surface area (Å²) in [6, 6.07) is 5.94. The van der Waals surface area contributed by atoms with Crippen LogP contribution in [0.25, 0.3) is 0 Å². The molecule has 1 rings (SSSR count). The average molecular weight is 340 g/mol. The van der Waals surface area contributed by atoms with Crippen molar-refractivity contribution in [3.63, 3.8) is 0 Å². The van der Waals surface area contributed by atoms with E-state index < -0.39 is 24.1 Å². The van der Waals surface area contributed by atoms with Crippen molar-refractivity contribution in [2.24, 2.45) is 0 Å². The van der Waals surface area contributed by atoms with Crippen LogP contribution in [-0.2, 0) is 10.3 Å². The molecule has 1 aromatic rings. The van der Waals surface area contributed by atoms with Gasteiger partial charge < -0.3 is 9.47 Å². The molecule has 0 amide bonds. The van der Waals surface area contributed by atoms with Crippen molar-refractivity contribution in [2.45, 2.75) is 57.4 Å². The highest BCUT2D eigenvalue weighted by Crippen LogP contribution is 2.45. The van der Waals surface area contributed by atoms with E-state index in [0.717, 1.165) is 13.5 Å². The second-order valence-corrected chi connectivity index (χ2v) is 5.68. The maximum atomic E-state index is 13.4. The minimum atomic E-state index is -5.62. The number of ether oxygens (including phenoxy) is 2. The Morgan fingerprint density at radius 1 is 1.04 bits per heavy atom. The molecular weight excluding hydrogens is 319 g/mol. The lowest BCUT2D eigenvalue weighted by Gasteiger charge is -2.33. The summed E-state index contributed by atoms with van der Waals surface area (Å²) < 4.78 is 74.6. The van der Waals surface area contributed by atoms with E-state index in [-0.39, 0.29) is 11.7 Å². The Morgan fingerprint density at radius 2 is 1.57 bits per heavy atom. The van der Waals surface area contributed by atoms with Crippen LogP contribution in [0.1, 0.15) is 39.2 Å². The van der Waals surface area contributed by atoms with Crippen LogP contribution < -0.4 is 4.74 Å². The van der Waals surface area contributed by atoms with Gasteiger partial charge in [0.2, 0.25) is 0 Å². The van der Waals surface area contributed by atoms with Gasteiger partial charge in [-0.25, -0.2) is 0 Å². The molecule has 0 fully saturated rings. The third-order valence-corrected chi connectivity index (χ3v) is 3.80. The molecule has 0 spiro atoms. The molecule has 7 heteroatoms. The van der Waals surface area contributed by atoms with E-state index >= 15 is 0 Å². The normalized spacial score (nSPS) is 16.7. The van der Waals surface area contributed by atoms with Crippen molar-refractivity contribution >= 4 is 0 Å². The monoisotopic (exact) mass is 340 g/mol. The Kier molecular flexibility index (Phi) is 6.01. The van der Waals surface area contributed by atoms with Gasteiger partial charge in [0, 0.05) is 7.11 Å². The summed E-state index contributed by atoms with van der Waals surface area (Å²) in [6.07, 6.45) is -6.35. The van der Waals surface area contributed by atoms with E-state index in [4.69, 9.17) is 9.47 Å². The lowest BCUT2D eigenvalue weighted by Crippen LogP contribution is -2.43. The van der Waals surface area contributed by atoms with Crippen LogP contribution in [-0.4, -0.2) is 25.3 Å². The lowest BCUT2D eigenvalue weighted by molar-refractivity contribution is -0.298. The number of hydrogen-bond acceptors (Lipinski definition) is 2. The molecular formula is C16H21F5O2. The average Bonchev–Trinajstić information content (AvgIpc) is 2.46. The van der Waals surface area contributed by atoms with Crippen LogP contribution in [0.5, 0.6) is 5.75 Å². The van der Waals surface area contributed by atoms with Gasteiger partial charge in [-0.05, 0) is 38.0 Å². The maximum Gasteiger partial charge on any atom is 0.453 e. The summed E-state index contributed by atoms with van der Waals surface area (Å²) in [5, 5.41) is 0. The second-order valence-electron chi connectivity index (χ2n) is 5.68. The van der Waals surface area contributed by atoms with Crippen LogP contribution in [0.3, 0.4) is 0 Å². The van der Waals surface area contributed by atoms with Crippen molar-refractivity contribution in [1.82, 2.24) is 0 Å². The highest BCUT2D eigenvalue weighted by atomic mass is 19.4. The standard InChI is InChI=1S/C16H21F5O2/c1-5-11(2)23-13-8-6-12(7-9-13)14(3,22-4)10-15(17,18)16(19,20)21/h6-9,11H,5,10H2,1-4H3. The maximum absolute atomic E-state index is 13.4. The summed E-state index contributed by atoms with van der Waals surface area (Å²) in [4.78, 5) is 0. The molecule has 2 unspecified atom stereocenters. The number of rotatable bonds is 7. The summed E-state index contributed by atoms with van der Waals surface area (Å²) in [6.45, 7) is 5.02. The van der Waals surface area contributed by atoms with Crippen molar-refractivity contribution in [3.05, 3.63) is 29.8 Å². The molecule has 132 valence electrons. The van der Waals surface area contributed by atoms with Gasteiger partial charge in [-0.2, -0.15) is 22.0 Å². The van der Waals surface area contributed by atoms with Crippen LogP contribution in [0.15, 0.2) is 24.3 Å². The van der Waals surface area contributed by atoms with Gasteiger partial charge in [0.05, 0.1) is 18.1 Å². The molecule has 1 aromatic carbocycles. The van der Waals surface area contributed by atoms with Crippen molar-refractivity contribution in [2.75, 3.05) is 7.11 Å². The van der Waals surface area contributed by atoms with Gasteiger partial charge in [-0.15, -0.1) is 0 Å². The number of benzene rings is 1. The minimum absolute atomic E-state index is 0.0239. The predicted molar refractivity (Wildman–Crippen MR) is 76.8 cm³/mol. The zero-order valence-electron chi connectivity index (χ0n) is 13.5. The van der Waals surface area contributed by atoms with Gasteiger partial charge in [-0.1, -0.05) is 19.1 Å². The van der Waals surface area contributed by atoms with E-state index in [1.807, 2.05) is 13.8 Å². The Balaban J connectivity index is 3.00. The third-order valence-electron chi connectivity index (χ3n) is 3.80. The first-order valence-corrected chi connectivity index (χ1v) is 7.22. The quantitative estimate of drug-likeness (QED) is 0.626. The van der Waals surface area contributed by atoms with Crippen LogP contribution in [0, 0.1) is 0 Å². The highest BCUT2D eigenvalue weighted by Gasteiger charge is 2.60. The van der Waals surface area contributed by atoms with Crippen LogP contribution >= 0.6 is 0 Å². The molecule has 0 saturated heterocycles. The zero-order valence-corrected chi connectivity index (χ0v) is 13.5. The molecule has 2 nitrogen and oxygen atoms in total. The first-order chi connectivity index (χ1) is 10.4. The lowest BCUT2D eigenvalue weighted by atomic mass is 9.89. The first kappa shape index (κ1) is 19.7. The summed E-state index contributed by atoms with van der Waals surface area (Å²) in [5.41, 5.74) is -1.55. The van der Waals surface area contributed by atoms with Crippen LogP contribution in [0.4, 0.5) is 22.0 Å². The Bertz CT molecular complexity index is 498. The van der Waals surface area contributed by atoms with Crippen molar-refractivity contribution in [3.8, 4) is 5.75 Å².